The van der Waals surface area contributed by atoms with Crippen LogP contribution in [0.15, 0.2) is 47.6 Å². The summed E-state index contributed by atoms with van der Waals surface area (Å²) in [7, 11) is 0. The number of rotatable bonds is 7. The number of amides is 1. The number of hydrogen-bond donors (Lipinski definition) is 0. The highest BCUT2D eigenvalue weighted by molar-refractivity contribution is 7.99. The Bertz CT molecular complexity index is 1050. The fourth-order valence-corrected chi connectivity index (χ4v) is 5.16. The van der Waals surface area contributed by atoms with Crippen molar-refractivity contribution in [2.45, 2.75) is 43.8 Å². The molecule has 2 aromatic carbocycles. The second-order valence-corrected chi connectivity index (χ2v) is 8.95. The molecule has 1 aliphatic carbocycles. The quantitative estimate of drug-likeness (QED) is 0.525. The van der Waals surface area contributed by atoms with Crippen molar-refractivity contribution in [3.63, 3.8) is 0 Å². The second kappa shape index (κ2) is 8.30. The third kappa shape index (κ3) is 3.67. The van der Waals surface area contributed by atoms with Crippen LogP contribution in [0.5, 0.6) is 0 Å². The Morgan fingerprint density at radius 3 is 2.63 bits per heavy atom. The van der Waals surface area contributed by atoms with E-state index in [1.165, 1.54) is 37.4 Å². The lowest BCUT2D eigenvalue weighted by Crippen LogP contribution is -2.32. The van der Waals surface area contributed by atoms with Crippen molar-refractivity contribution in [3.8, 4) is 0 Å². The molecule has 6 nitrogen and oxygen atoms in total. The molecule has 1 aliphatic heterocycles. The van der Waals surface area contributed by atoms with Gasteiger partial charge in [-0.1, -0.05) is 48.2 Å². The summed E-state index contributed by atoms with van der Waals surface area (Å²) in [5.74, 6) is 1.46. The van der Waals surface area contributed by atoms with Crippen molar-refractivity contribution in [1.82, 2.24) is 14.8 Å². The highest BCUT2D eigenvalue weighted by atomic mass is 32.2. The van der Waals surface area contributed by atoms with Gasteiger partial charge in [0.2, 0.25) is 11.9 Å². The van der Waals surface area contributed by atoms with E-state index in [1.54, 1.807) is 0 Å². The summed E-state index contributed by atoms with van der Waals surface area (Å²) in [5.41, 5.74) is 0.975. The number of carbonyl (C=O) groups excluding carboxylic acids is 1. The van der Waals surface area contributed by atoms with E-state index in [4.69, 9.17) is 0 Å². The first-order valence-corrected chi connectivity index (χ1v) is 11.9. The van der Waals surface area contributed by atoms with Crippen molar-refractivity contribution in [2.24, 2.45) is 0 Å². The van der Waals surface area contributed by atoms with Crippen LogP contribution in [0.2, 0.25) is 0 Å². The van der Waals surface area contributed by atoms with Gasteiger partial charge in [0.25, 0.3) is 0 Å². The fraction of sp³-hybridized carbons (Fsp3) is 0.435. The predicted molar refractivity (Wildman–Crippen MR) is 122 cm³/mol. The van der Waals surface area contributed by atoms with Crippen LogP contribution in [0, 0.1) is 0 Å². The summed E-state index contributed by atoms with van der Waals surface area (Å²) in [6, 6.07) is 14.9. The average molecular weight is 422 g/mol. The van der Waals surface area contributed by atoms with E-state index in [0.717, 1.165) is 40.7 Å². The van der Waals surface area contributed by atoms with E-state index in [2.05, 4.69) is 37.9 Å². The van der Waals surface area contributed by atoms with Crippen LogP contribution in [0.3, 0.4) is 0 Å². The Kier molecular flexibility index (Phi) is 5.37. The number of carbonyl (C=O) groups is 1. The molecular weight excluding hydrogens is 394 g/mol. The van der Waals surface area contributed by atoms with Gasteiger partial charge in [-0.25, -0.2) is 0 Å². The molecule has 0 atom stereocenters. The van der Waals surface area contributed by atoms with E-state index in [1.807, 2.05) is 36.1 Å². The minimum atomic E-state index is 0.104. The lowest BCUT2D eigenvalue weighted by Gasteiger charge is -2.23. The zero-order valence-electron chi connectivity index (χ0n) is 17.3. The predicted octanol–water partition coefficient (Wildman–Crippen LogP) is 4.51. The number of anilines is 2. The maximum atomic E-state index is 13.2. The minimum absolute atomic E-state index is 0.104. The van der Waals surface area contributed by atoms with Crippen LogP contribution < -0.4 is 9.80 Å². The van der Waals surface area contributed by atoms with Gasteiger partial charge in [0, 0.05) is 31.1 Å². The molecule has 0 radical (unpaired) electrons. The fourth-order valence-electron chi connectivity index (χ4n) is 4.28. The number of hydrogen-bond acceptors (Lipinski definition) is 5. The van der Waals surface area contributed by atoms with E-state index in [9.17, 15) is 4.79 Å². The Balaban J connectivity index is 1.35. The SMILES string of the molecule is CCN(C(=O)CSc1nnc(N2CCCC2)n1C1CC1)c1cccc2ccccc12. The van der Waals surface area contributed by atoms with Gasteiger partial charge in [-0.2, -0.15) is 0 Å². The number of nitrogens with zero attached hydrogens (tertiary/aromatic N) is 5. The van der Waals surface area contributed by atoms with Gasteiger partial charge in [-0.05, 0) is 44.1 Å². The first-order valence-electron chi connectivity index (χ1n) is 10.9. The Labute approximate surface area is 181 Å². The van der Waals surface area contributed by atoms with Gasteiger partial charge in [-0.3, -0.25) is 9.36 Å². The van der Waals surface area contributed by atoms with Gasteiger partial charge in [0.15, 0.2) is 5.16 Å². The third-order valence-electron chi connectivity index (χ3n) is 5.95. The van der Waals surface area contributed by atoms with Gasteiger partial charge >= 0.3 is 0 Å². The lowest BCUT2D eigenvalue weighted by molar-refractivity contribution is -0.116. The molecule has 2 aliphatic rings. The molecule has 30 heavy (non-hydrogen) atoms. The molecule has 156 valence electrons. The van der Waals surface area contributed by atoms with E-state index in [-0.39, 0.29) is 5.91 Å². The molecule has 2 heterocycles. The highest BCUT2D eigenvalue weighted by Crippen LogP contribution is 2.41. The molecule has 1 amide bonds. The molecule has 2 fully saturated rings. The van der Waals surface area contributed by atoms with Crippen molar-refractivity contribution < 1.29 is 4.79 Å². The molecule has 3 aromatic rings. The maximum Gasteiger partial charge on any atom is 0.237 e. The molecule has 1 aromatic heterocycles. The number of benzene rings is 2. The number of aromatic nitrogens is 3. The summed E-state index contributed by atoms with van der Waals surface area (Å²) < 4.78 is 2.28. The summed E-state index contributed by atoms with van der Waals surface area (Å²) in [4.78, 5) is 17.4. The maximum absolute atomic E-state index is 13.2. The van der Waals surface area contributed by atoms with E-state index < -0.39 is 0 Å². The average Bonchev–Trinajstić information content (AvgIpc) is 3.29. The first kappa shape index (κ1) is 19.4. The summed E-state index contributed by atoms with van der Waals surface area (Å²) in [6.45, 7) is 4.78. The number of thioether (sulfide) groups is 1. The molecule has 0 spiro atoms. The third-order valence-corrected chi connectivity index (χ3v) is 6.87. The normalized spacial score (nSPS) is 16.4. The zero-order chi connectivity index (χ0) is 20.5. The van der Waals surface area contributed by atoms with Gasteiger partial charge in [-0.15, -0.1) is 10.2 Å². The molecule has 1 saturated carbocycles. The van der Waals surface area contributed by atoms with E-state index in [0.29, 0.717) is 18.3 Å². The van der Waals surface area contributed by atoms with E-state index >= 15 is 0 Å². The second-order valence-electron chi connectivity index (χ2n) is 8.00. The van der Waals surface area contributed by atoms with Crippen molar-refractivity contribution in [2.75, 3.05) is 35.2 Å². The summed E-state index contributed by atoms with van der Waals surface area (Å²) in [5, 5.41) is 12.1. The number of fused-ring (bicyclic) bond motifs is 1. The van der Waals surface area contributed by atoms with Crippen molar-refractivity contribution in [1.29, 1.82) is 0 Å². The summed E-state index contributed by atoms with van der Waals surface area (Å²) in [6.07, 6.45) is 4.79. The monoisotopic (exact) mass is 421 g/mol. The van der Waals surface area contributed by atoms with Gasteiger partial charge < -0.3 is 9.80 Å². The molecular formula is C23H27N5OS. The Morgan fingerprint density at radius 2 is 1.87 bits per heavy atom. The molecule has 0 N–H and O–H groups in total. The van der Waals surface area contributed by atoms with Crippen LogP contribution in [0.4, 0.5) is 11.6 Å². The topological polar surface area (TPSA) is 54.3 Å². The molecule has 7 heteroatoms. The standard InChI is InChI=1S/C23H27N5OS/c1-2-27(20-11-7-9-17-8-3-4-10-19(17)20)21(29)16-30-23-25-24-22(26-14-5-6-15-26)28(23)18-12-13-18/h3-4,7-11,18H,2,5-6,12-16H2,1H3. The van der Waals surface area contributed by atoms with Crippen LogP contribution in [0.1, 0.15) is 38.6 Å². The Morgan fingerprint density at radius 1 is 1.10 bits per heavy atom. The van der Waals surface area contributed by atoms with Crippen LogP contribution in [-0.2, 0) is 4.79 Å². The molecule has 0 unspecified atom stereocenters. The Hall–Kier alpha value is -2.54. The molecule has 0 bridgehead atoms. The minimum Gasteiger partial charge on any atom is -0.341 e. The zero-order valence-corrected chi connectivity index (χ0v) is 18.1. The van der Waals surface area contributed by atoms with Crippen LogP contribution in [0.25, 0.3) is 10.8 Å². The highest BCUT2D eigenvalue weighted by Gasteiger charge is 2.32. The van der Waals surface area contributed by atoms with Crippen molar-refractivity contribution in [3.05, 3.63) is 42.5 Å². The largest absolute Gasteiger partial charge is 0.341 e. The van der Waals surface area contributed by atoms with Gasteiger partial charge in [0.05, 0.1) is 11.4 Å². The molecule has 5 rings (SSSR count). The van der Waals surface area contributed by atoms with Gasteiger partial charge in [0.1, 0.15) is 0 Å². The summed E-state index contributed by atoms with van der Waals surface area (Å²) >= 11 is 1.52. The smallest absolute Gasteiger partial charge is 0.237 e. The van der Waals surface area contributed by atoms with Crippen molar-refractivity contribution >= 4 is 40.1 Å². The van der Waals surface area contributed by atoms with Crippen LogP contribution in [-0.4, -0.2) is 46.1 Å². The van der Waals surface area contributed by atoms with Crippen LogP contribution >= 0.6 is 11.8 Å². The first-order chi connectivity index (χ1) is 14.8. The lowest BCUT2D eigenvalue weighted by atomic mass is 10.1. The molecule has 1 saturated heterocycles.